The van der Waals surface area contributed by atoms with Gasteiger partial charge in [0.2, 0.25) is 0 Å². The van der Waals surface area contributed by atoms with Crippen molar-refractivity contribution in [1.82, 2.24) is 9.88 Å². The molecule has 19 heavy (non-hydrogen) atoms. The standard InChI is InChI=1S/C16H27N3/c1-3-9-17-16-15(6-5-10-18-16)13-19-11-7-14(4-2)8-12-19/h5-6,10,14H,3-4,7-9,11-13H2,1-2H3,(H,17,18). The number of pyridine rings is 1. The number of hydrogen-bond donors (Lipinski definition) is 1. The first kappa shape index (κ1) is 14.3. The van der Waals surface area contributed by atoms with Crippen molar-refractivity contribution in [3.63, 3.8) is 0 Å². The van der Waals surface area contributed by atoms with Crippen LogP contribution in [-0.2, 0) is 6.54 Å². The van der Waals surface area contributed by atoms with Gasteiger partial charge in [-0.2, -0.15) is 0 Å². The summed E-state index contributed by atoms with van der Waals surface area (Å²) in [5.74, 6) is 2.02. The minimum atomic E-state index is 0.947. The summed E-state index contributed by atoms with van der Waals surface area (Å²) < 4.78 is 0. The van der Waals surface area contributed by atoms with Crippen molar-refractivity contribution in [2.75, 3.05) is 25.0 Å². The van der Waals surface area contributed by atoms with E-state index < -0.39 is 0 Å². The normalized spacial score (nSPS) is 17.6. The van der Waals surface area contributed by atoms with Crippen molar-refractivity contribution in [2.24, 2.45) is 5.92 Å². The topological polar surface area (TPSA) is 28.2 Å². The predicted octanol–water partition coefficient (Wildman–Crippen LogP) is 3.53. The molecule has 2 heterocycles. The van der Waals surface area contributed by atoms with E-state index in [4.69, 9.17) is 0 Å². The summed E-state index contributed by atoms with van der Waals surface area (Å²) in [6.07, 6.45) is 7.07. The fourth-order valence-corrected chi connectivity index (χ4v) is 2.76. The maximum atomic E-state index is 4.48. The second kappa shape index (κ2) is 7.49. The van der Waals surface area contributed by atoms with Crippen LogP contribution in [0.5, 0.6) is 0 Å². The van der Waals surface area contributed by atoms with Crippen LogP contribution in [0.2, 0.25) is 0 Å². The molecule has 0 atom stereocenters. The Kier molecular flexibility index (Phi) is 5.64. The molecule has 0 saturated carbocycles. The van der Waals surface area contributed by atoms with Crippen LogP contribution < -0.4 is 5.32 Å². The van der Waals surface area contributed by atoms with Crippen LogP contribution in [0, 0.1) is 5.92 Å². The van der Waals surface area contributed by atoms with Gasteiger partial charge in [0.15, 0.2) is 0 Å². The Balaban J connectivity index is 1.91. The molecule has 0 aromatic carbocycles. The lowest BCUT2D eigenvalue weighted by Gasteiger charge is -2.31. The highest BCUT2D eigenvalue weighted by Crippen LogP contribution is 2.22. The van der Waals surface area contributed by atoms with E-state index in [1.807, 2.05) is 12.3 Å². The lowest BCUT2D eigenvalue weighted by Crippen LogP contribution is -2.33. The highest BCUT2D eigenvalue weighted by Gasteiger charge is 2.18. The van der Waals surface area contributed by atoms with Gasteiger partial charge < -0.3 is 5.32 Å². The molecule has 1 aromatic rings. The van der Waals surface area contributed by atoms with Crippen molar-refractivity contribution >= 4 is 5.82 Å². The average Bonchev–Trinajstić information content (AvgIpc) is 2.47. The Morgan fingerprint density at radius 1 is 1.32 bits per heavy atom. The maximum absolute atomic E-state index is 4.48. The number of piperidine rings is 1. The molecule has 3 heteroatoms. The lowest BCUT2D eigenvalue weighted by molar-refractivity contribution is 0.175. The molecular formula is C16H27N3. The van der Waals surface area contributed by atoms with Gasteiger partial charge in [-0.05, 0) is 44.3 Å². The third-order valence-corrected chi connectivity index (χ3v) is 4.11. The minimum absolute atomic E-state index is 0.947. The Morgan fingerprint density at radius 2 is 2.11 bits per heavy atom. The molecule has 1 saturated heterocycles. The number of rotatable bonds is 6. The molecule has 1 fully saturated rings. The zero-order valence-corrected chi connectivity index (χ0v) is 12.4. The molecule has 0 radical (unpaired) electrons. The Hall–Kier alpha value is -1.09. The first-order valence-electron chi connectivity index (χ1n) is 7.73. The van der Waals surface area contributed by atoms with Crippen LogP contribution in [-0.4, -0.2) is 29.5 Å². The monoisotopic (exact) mass is 261 g/mol. The summed E-state index contributed by atoms with van der Waals surface area (Å²) in [5, 5.41) is 3.43. The number of aromatic nitrogens is 1. The van der Waals surface area contributed by atoms with E-state index in [1.165, 1.54) is 37.9 Å². The molecular weight excluding hydrogens is 234 g/mol. The number of nitrogens with one attached hydrogen (secondary N) is 1. The zero-order valence-electron chi connectivity index (χ0n) is 12.4. The number of likely N-dealkylation sites (tertiary alicyclic amines) is 1. The van der Waals surface area contributed by atoms with Crippen LogP contribution in [0.3, 0.4) is 0 Å². The first-order chi connectivity index (χ1) is 9.33. The summed E-state index contributed by atoms with van der Waals surface area (Å²) in [4.78, 5) is 7.04. The quantitative estimate of drug-likeness (QED) is 0.849. The molecule has 1 aliphatic heterocycles. The van der Waals surface area contributed by atoms with Gasteiger partial charge in [0, 0.05) is 24.8 Å². The predicted molar refractivity (Wildman–Crippen MR) is 81.3 cm³/mol. The van der Waals surface area contributed by atoms with E-state index in [0.717, 1.165) is 31.2 Å². The van der Waals surface area contributed by atoms with Gasteiger partial charge in [0.25, 0.3) is 0 Å². The summed E-state index contributed by atoms with van der Waals surface area (Å²) in [6.45, 7) is 9.01. The Labute approximate surface area is 117 Å². The molecule has 3 nitrogen and oxygen atoms in total. The van der Waals surface area contributed by atoms with E-state index in [1.54, 1.807) is 0 Å². The molecule has 0 spiro atoms. The Bertz CT molecular complexity index is 370. The Morgan fingerprint density at radius 3 is 2.79 bits per heavy atom. The van der Waals surface area contributed by atoms with Crippen LogP contribution >= 0.6 is 0 Å². The van der Waals surface area contributed by atoms with Crippen LogP contribution in [0.1, 0.15) is 45.1 Å². The molecule has 0 unspecified atom stereocenters. The van der Waals surface area contributed by atoms with E-state index >= 15 is 0 Å². The minimum Gasteiger partial charge on any atom is -0.370 e. The molecule has 0 amide bonds. The summed E-state index contributed by atoms with van der Waals surface area (Å²) >= 11 is 0. The van der Waals surface area contributed by atoms with Crippen LogP contribution in [0.25, 0.3) is 0 Å². The molecule has 0 bridgehead atoms. The van der Waals surface area contributed by atoms with E-state index in [9.17, 15) is 0 Å². The fourth-order valence-electron chi connectivity index (χ4n) is 2.76. The van der Waals surface area contributed by atoms with E-state index in [0.29, 0.717) is 0 Å². The van der Waals surface area contributed by atoms with Gasteiger partial charge in [-0.25, -0.2) is 4.98 Å². The highest BCUT2D eigenvalue weighted by molar-refractivity contribution is 5.43. The van der Waals surface area contributed by atoms with Gasteiger partial charge in [-0.1, -0.05) is 26.3 Å². The van der Waals surface area contributed by atoms with Crippen molar-refractivity contribution in [1.29, 1.82) is 0 Å². The molecule has 106 valence electrons. The molecule has 0 aliphatic carbocycles. The third-order valence-electron chi connectivity index (χ3n) is 4.11. The molecule has 1 N–H and O–H groups in total. The molecule has 2 rings (SSSR count). The smallest absolute Gasteiger partial charge is 0.130 e. The summed E-state index contributed by atoms with van der Waals surface area (Å²) in [6, 6.07) is 4.25. The average molecular weight is 261 g/mol. The molecule has 1 aromatic heterocycles. The third kappa shape index (κ3) is 4.20. The summed E-state index contributed by atoms with van der Waals surface area (Å²) in [7, 11) is 0. The zero-order chi connectivity index (χ0) is 13.5. The maximum Gasteiger partial charge on any atom is 0.130 e. The van der Waals surface area contributed by atoms with E-state index in [-0.39, 0.29) is 0 Å². The highest BCUT2D eigenvalue weighted by atomic mass is 15.1. The summed E-state index contributed by atoms with van der Waals surface area (Å²) in [5.41, 5.74) is 1.34. The lowest BCUT2D eigenvalue weighted by atomic mass is 9.94. The number of hydrogen-bond acceptors (Lipinski definition) is 3. The van der Waals surface area contributed by atoms with Crippen molar-refractivity contribution < 1.29 is 0 Å². The van der Waals surface area contributed by atoms with E-state index in [2.05, 4.69) is 35.1 Å². The van der Waals surface area contributed by atoms with Gasteiger partial charge >= 0.3 is 0 Å². The van der Waals surface area contributed by atoms with Gasteiger partial charge in [-0.3, -0.25) is 4.90 Å². The van der Waals surface area contributed by atoms with Crippen LogP contribution in [0.4, 0.5) is 5.82 Å². The number of anilines is 1. The molecule has 1 aliphatic rings. The second-order valence-electron chi connectivity index (χ2n) is 5.57. The van der Waals surface area contributed by atoms with Crippen LogP contribution in [0.15, 0.2) is 18.3 Å². The second-order valence-corrected chi connectivity index (χ2v) is 5.57. The van der Waals surface area contributed by atoms with Gasteiger partial charge in [0.1, 0.15) is 5.82 Å². The fraction of sp³-hybridized carbons (Fsp3) is 0.688. The largest absolute Gasteiger partial charge is 0.370 e. The van der Waals surface area contributed by atoms with Crippen molar-refractivity contribution in [2.45, 2.75) is 46.1 Å². The first-order valence-corrected chi connectivity index (χ1v) is 7.73. The van der Waals surface area contributed by atoms with Gasteiger partial charge in [0.05, 0.1) is 0 Å². The van der Waals surface area contributed by atoms with Crippen molar-refractivity contribution in [3.05, 3.63) is 23.9 Å². The SMILES string of the molecule is CCCNc1ncccc1CN1CCC(CC)CC1. The number of nitrogens with zero attached hydrogens (tertiary/aromatic N) is 2. The van der Waals surface area contributed by atoms with Gasteiger partial charge in [-0.15, -0.1) is 0 Å². The van der Waals surface area contributed by atoms with Crippen molar-refractivity contribution in [3.8, 4) is 0 Å².